The molecular formula is C88H147N27O21S. The number of carboxylic acids is 1. The van der Waals surface area contributed by atoms with Crippen LogP contribution < -0.4 is 125 Å². The summed E-state index contributed by atoms with van der Waals surface area (Å²) in [6.07, 6.45) is -0.340. The zero-order valence-corrected chi connectivity index (χ0v) is 80.3. The summed E-state index contributed by atoms with van der Waals surface area (Å²) >= 11 is 1.46. The van der Waals surface area contributed by atoms with E-state index < -0.39 is 247 Å². The largest absolute Gasteiger partial charge is 0.480 e. The van der Waals surface area contributed by atoms with Gasteiger partial charge in [-0.1, -0.05) is 109 Å². The van der Waals surface area contributed by atoms with Crippen LogP contribution in [0.2, 0.25) is 0 Å². The number of nitrogens with two attached hydrogens (primary N) is 6. The minimum atomic E-state index is -1.95. The number of nitrogens with one attached hydrogen (secondary N) is 20. The number of benzene rings is 2. The molecule has 3 rings (SSSR count). The van der Waals surface area contributed by atoms with Crippen molar-refractivity contribution in [2.45, 2.75) is 280 Å². The second kappa shape index (κ2) is 62.9. The molecule has 0 aromatic heterocycles. The lowest BCUT2D eigenvalue weighted by atomic mass is 9.97. The summed E-state index contributed by atoms with van der Waals surface area (Å²) in [7, 11) is 0. The van der Waals surface area contributed by atoms with Crippen LogP contribution in [0.3, 0.4) is 0 Å². The van der Waals surface area contributed by atoms with Gasteiger partial charge in [0.15, 0.2) is 17.9 Å². The molecule has 1 aliphatic heterocycles. The highest BCUT2D eigenvalue weighted by molar-refractivity contribution is 7.98. The van der Waals surface area contributed by atoms with Crippen molar-refractivity contribution in [3.8, 4) is 0 Å². The molecular weight excluding hydrogens is 1800 g/mol. The van der Waals surface area contributed by atoms with Crippen LogP contribution in [0.4, 0.5) is 0 Å². The molecule has 0 saturated carbocycles. The number of guanidine groups is 3. The maximum Gasteiger partial charge on any atom is 0.326 e. The van der Waals surface area contributed by atoms with E-state index in [1.54, 1.807) is 102 Å². The predicted octanol–water partition coefficient (Wildman–Crippen LogP) is -6.88. The number of aliphatic hydroxyl groups is 3. The highest BCUT2D eigenvalue weighted by Crippen LogP contribution is 2.22. The van der Waals surface area contributed by atoms with E-state index in [2.05, 4.69) is 90.4 Å². The Labute approximate surface area is 801 Å². The number of thioether (sulfide) groups is 1. The van der Waals surface area contributed by atoms with E-state index in [4.69, 9.17) is 50.6 Å². The Morgan fingerprint density at radius 3 is 1.22 bits per heavy atom. The van der Waals surface area contributed by atoms with Crippen LogP contribution in [-0.2, 0) is 94.3 Å². The number of aliphatic hydroxyl groups excluding tert-OH is 3. The van der Waals surface area contributed by atoms with Gasteiger partial charge in [0.2, 0.25) is 94.5 Å². The van der Waals surface area contributed by atoms with Crippen LogP contribution in [0.25, 0.3) is 0 Å². The summed E-state index contributed by atoms with van der Waals surface area (Å²) in [6.45, 7) is 10.7. The minimum absolute atomic E-state index is 0.00260. The SMILES string of the molecule is CCC(C)C(NC(=O)C(CO)NC(=O)C(CCC(N)=O)NC(=O)C(CCCNC(=N)N)NC(=O)C(CC(C)C)NC(=O)C(CO)NC(=O)C(CC(C)C)NC(=O)C(N)CCSC)C(=O)NC(CCCNC(=N)N)C(=O)NC(Cc1ccccc1)C(=O)NC(Cc1ccccc1)C(=O)NC(CCCCN)C(=O)N1CCCC1C(=O)NC(C)C(=O)NC(C(=O)NC(CCCNC(=N)N)C(=O)O)C(C)O. The molecule has 2 aromatic rings. The number of hydrogen-bond donors (Lipinski definition) is 30. The molecule has 0 bridgehead atoms. The summed E-state index contributed by atoms with van der Waals surface area (Å²) in [5.74, 6) is -18.7. The molecule has 0 aliphatic carbocycles. The van der Waals surface area contributed by atoms with Gasteiger partial charge in [0, 0.05) is 45.4 Å². The van der Waals surface area contributed by atoms with Crippen molar-refractivity contribution in [3.05, 3.63) is 71.8 Å². The van der Waals surface area contributed by atoms with Crippen molar-refractivity contribution < 1.29 is 102 Å². The minimum Gasteiger partial charge on any atom is -0.480 e. The van der Waals surface area contributed by atoms with Crippen LogP contribution in [0.15, 0.2) is 60.7 Å². The van der Waals surface area contributed by atoms with Crippen molar-refractivity contribution >= 4 is 130 Å². The van der Waals surface area contributed by atoms with E-state index in [-0.39, 0.29) is 147 Å². The highest BCUT2D eigenvalue weighted by atomic mass is 32.2. The molecule has 1 fully saturated rings. The Bertz CT molecular complexity index is 4320. The third-order valence-electron chi connectivity index (χ3n) is 22.3. The van der Waals surface area contributed by atoms with Gasteiger partial charge in [-0.2, -0.15) is 11.8 Å². The monoisotopic (exact) mass is 1950 g/mol. The molecule has 2 aromatic carbocycles. The first-order chi connectivity index (χ1) is 64.8. The number of carbonyl (C=O) groups excluding carboxylic acids is 16. The lowest BCUT2D eigenvalue weighted by Crippen LogP contribution is -2.62. The molecule has 1 aliphatic rings. The second-order valence-electron chi connectivity index (χ2n) is 34.7. The van der Waals surface area contributed by atoms with Gasteiger partial charge in [0.05, 0.1) is 25.4 Å². The Morgan fingerprint density at radius 1 is 0.438 bits per heavy atom. The lowest BCUT2D eigenvalue weighted by molar-refractivity contribution is -0.143. The van der Waals surface area contributed by atoms with E-state index >= 15 is 14.4 Å². The fraction of sp³-hybridized carbons (Fsp3) is 0.636. The third kappa shape index (κ3) is 44.4. The van der Waals surface area contributed by atoms with Crippen molar-refractivity contribution in [3.63, 3.8) is 0 Å². The molecule has 137 heavy (non-hydrogen) atoms. The van der Waals surface area contributed by atoms with E-state index in [1.807, 2.05) is 6.26 Å². The number of carboxylic acid groups (broad SMARTS) is 1. The van der Waals surface area contributed by atoms with Gasteiger partial charge in [-0.15, -0.1) is 0 Å². The van der Waals surface area contributed by atoms with Crippen molar-refractivity contribution in [2.75, 3.05) is 57.9 Å². The number of unbranched alkanes of at least 4 members (excludes halogenated alkanes) is 1. The summed E-state index contributed by atoms with van der Waals surface area (Å²) in [5, 5.41) is 108. The number of likely N-dealkylation sites (tertiary alicyclic amines) is 1. The van der Waals surface area contributed by atoms with Crippen LogP contribution in [0, 0.1) is 34.0 Å². The van der Waals surface area contributed by atoms with Crippen molar-refractivity contribution in [2.24, 2.45) is 52.2 Å². The quantitative estimate of drug-likeness (QED) is 0.0166. The highest BCUT2D eigenvalue weighted by Gasteiger charge is 2.43. The summed E-state index contributed by atoms with van der Waals surface area (Å²) < 4.78 is 0. The zero-order chi connectivity index (χ0) is 103. The normalized spacial score (nSPS) is 16.0. The number of primary amides is 1. The number of carbonyl (C=O) groups is 17. The van der Waals surface area contributed by atoms with E-state index in [0.29, 0.717) is 29.7 Å². The molecule has 48 nitrogen and oxygen atoms in total. The van der Waals surface area contributed by atoms with Crippen LogP contribution >= 0.6 is 11.8 Å². The molecule has 0 radical (unpaired) electrons. The Kier molecular flexibility index (Phi) is 54.5. The van der Waals surface area contributed by atoms with Crippen LogP contribution in [0.1, 0.15) is 176 Å². The lowest BCUT2D eigenvalue weighted by Gasteiger charge is -2.31. The number of aliphatic carboxylic acids is 1. The Morgan fingerprint density at radius 2 is 0.803 bits per heavy atom. The number of rotatable bonds is 65. The molecule has 1 saturated heterocycles. The van der Waals surface area contributed by atoms with Gasteiger partial charge < -0.3 is 150 Å². The Hall–Kier alpha value is -12.6. The number of hydrogen-bond acceptors (Lipinski definition) is 26. The Balaban J connectivity index is 2.02. The number of nitrogens with zero attached hydrogens (tertiary/aromatic N) is 1. The van der Waals surface area contributed by atoms with Gasteiger partial charge in [0.25, 0.3) is 0 Å². The van der Waals surface area contributed by atoms with Crippen LogP contribution in [-0.4, -0.2) is 304 Å². The molecule has 36 N–H and O–H groups in total. The van der Waals surface area contributed by atoms with Crippen molar-refractivity contribution in [1.29, 1.82) is 16.2 Å². The summed E-state index contributed by atoms with van der Waals surface area (Å²) in [6, 6.07) is -7.41. The fourth-order valence-electron chi connectivity index (χ4n) is 14.5. The van der Waals surface area contributed by atoms with E-state index in [9.17, 15) is 87.5 Å². The maximum absolute atomic E-state index is 15.3. The van der Waals surface area contributed by atoms with E-state index in [1.165, 1.54) is 30.5 Å². The summed E-state index contributed by atoms with van der Waals surface area (Å²) in [5.41, 5.74) is 35.0. The first kappa shape index (κ1) is 119. The molecule has 0 spiro atoms. The molecule has 18 unspecified atom stereocenters. The number of amides is 16. The first-order valence-electron chi connectivity index (χ1n) is 46.0. The van der Waals surface area contributed by atoms with Crippen LogP contribution in [0.5, 0.6) is 0 Å². The fourth-order valence-corrected chi connectivity index (χ4v) is 15.0. The third-order valence-corrected chi connectivity index (χ3v) is 22.9. The standard InChI is InChI=1S/C88H147N27O21S/c1-10-49(6)68(113-80(130)65(46-117)111-74(124)57(32-33-67(91)119)103-72(122)55(28-19-36-98-86(92)93)102-75(125)61(42-48(4)5)108-79(129)64(45-116)112-76(126)60(41-47(2)3)107-71(121)54(90)34-40-137-9)82(132)104-56(29-20-37-99-87(94)95)73(123)109-63(44-53-25-15-12-16-26-53)78(128)110-62(43-52-23-13-11-14-24-52)77(127)105-58(27-17-18-35-89)84(134)115-39-22-31-66(115)81(131)101-50(7)70(120)114-69(51(8)118)83(133)106-59(85(135)136)30-21-38-100-88(96)97/h11-16,23-26,47-51,54-66,68-69,116-118H,10,17-22,27-46,89-90H2,1-9H3,(H2,91,119)(H,101,131)(H,102,125)(H,103,122)(H,104,132)(H,105,127)(H,106,133)(H,107,121)(H,108,129)(H,109,123)(H,110,128)(H,111,124)(H,112,126)(H,113,130)(H,114,120)(H,135,136)(H4,92,93,98)(H4,94,95,99)(H4,96,97,100). The van der Waals surface area contributed by atoms with E-state index in [0.717, 1.165) is 0 Å². The predicted molar refractivity (Wildman–Crippen MR) is 509 cm³/mol. The van der Waals surface area contributed by atoms with Gasteiger partial charge in [-0.25, -0.2) is 4.79 Å². The topological polar surface area (TPSA) is 807 Å². The smallest absolute Gasteiger partial charge is 0.326 e. The molecule has 18 atom stereocenters. The zero-order valence-electron chi connectivity index (χ0n) is 79.5. The average Bonchev–Trinajstić information content (AvgIpc) is 1.70. The first-order valence-corrected chi connectivity index (χ1v) is 47.4. The van der Waals surface area contributed by atoms with Gasteiger partial charge in [-0.3, -0.25) is 92.9 Å². The van der Waals surface area contributed by atoms with Gasteiger partial charge in [-0.05, 0) is 158 Å². The van der Waals surface area contributed by atoms with Gasteiger partial charge >= 0.3 is 5.97 Å². The molecule has 49 heteroatoms. The molecule has 766 valence electrons. The second-order valence-corrected chi connectivity index (χ2v) is 35.6. The summed E-state index contributed by atoms with van der Waals surface area (Å²) in [4.78, 5) is 242. The van der Waals surface area contributed by atoms with Crippen molar-refractivity contribution in [1.82, 2.24) is 95.3 Å². The average molecular weight is 1950 g/mol. The molecule has 16 amide bonds. The van der Waals surface area contributed by atoms with Gasteiger partial charge in [0.1, 0.15) is 90.6 Å². The molecule has 1 heterocycles. The maximum atomic E-state index is 15.3.